The number of nitriles is 1. The van der Waals surface area contributed by atoms with Crippen molar-refractivity contribution in [2.75, 3.05) is 5.32 Å². The van der Waals surface area contributed by atoms with Crippen molar-refractivity contribution in [2.45, 2.75) is 6.18 Å². The summed E-state index contributed by atoms with van der Waals surface area (Å²) in [4.78, 5) is 21.9. The molecule has 1 N–H and O–H groups in total. The average molecular weight is 465 g/mol. The third-order valence-corrected chi connectivity index (χ3v) is 4.64. The van der Waals surface area contributed by atoms with E-state index in [2.05, 4.69) is 35.7 Å². The predicted molar refractivity (Wildman–Crippen MR) is 107 cm³/mol. The third-order valence-electron chi connectivity index (χ3n) is 4.64. The lowest BCUT2D eigenvalue weighted by molar-refractivity contribution is -0.143. The summed E-state index contributed by atoms with van der Waals surface area (Å²) in [6.45, 7) is 0. The summed E-state index contributed by atoms with van der Waals surface area (Å²) in [7, 11) is 0. The fourth-order valence-electron chi connectivity index (χ4n) is 3.25. The highest BCUT2D eigenvalue weighted by molar-refractivity contribution is 6.05. The highest BCUT2D eigenvalue weighted by Crippen LogP contribution is 2.34. The molecular weight excluding hydrogens is 455 g/mol. The minimum absolute atomic E-state index is 0.00245. The van der Waals surface area contributed by atoms with Crippen molar-refractivity contribution in [3.63, 3.8) is 0 Å². The molecule has 5 aromatic rings. The maximum Gasteiger partial charge on any atom is 0.434 e. The van der Waals surface area contributed by atoms with E-state index in [1.165, 1.54) is 53.8 Å². The molecule has 0 bridgehead atoms. The number of carbonyl (C=O) groups excluding carboxylic acids is 1. The van der Waals surface area contributed by atoms with Crippen LogP contribution in [0.3, 0.4) is 0 Å². The molecule has 5 rings (SSSR count). The molecule has 0 saturated heterocycles. The Labute approximate surface area is 186 Å². The van der Waals surface area contributed by atoms with Crippen molar-refractivity contribution in [2.24, 2.45) is 0 Å². The van der Waals surface area contributed by atoms with Crippen LogP contribution in [0, 0.1) is 11.3 Å². The number of rotatable bonds is 4. The Morgan fingerprint density at radius 1 is 1.00 bits per heavy atom. The highest BCUT2D eigenvalue weighted by Gasteiger charge is 2.41. The monoisotopic (exact) mass is 465 g/mol. The molecule has 15 heteroatoms. The number of nitrogens with zero attached hydrogens (tertiary/aromatic N) is 10. The minimum atomic E-state index is -4.94. The van der Waals surface area contributed by atoms with Gasteiger partial charge in [-0.3, -0.25) is 4.79 Å². The molecule has 0 aliphatic carbocycles. The topological polar surface area (TPSA) is 144 Å². The maximum atomic E-state index is 14.0. The van der Waals surface area contributed by atoms with Crippen LogP contribution in [0.1, 0.15) is 21.6 Å². The van der Waals surface area contributed by atoms with Gasteiger partial charge in [0, 0.05) is 12.4 Å². The van der Waals surface area contributed by atoms with Gasteiger partial charge in [0.05, 0.1) is 42.2 Å². The van der Waals surface area contributed by atoms with E-state index in [0.29, 0.717) is 4.68 Å². The molecule has 0 fully saturated rings. The van der Waals surface area contributed by atoms with Gasteiger partial charge < -0.3 is 5.32 Å². The molecule has 168 valence electrons. The molecule has 5 aromatic heterocycles. The Hall–Kier alpha value is -5.13. The van der Waals surface area contributed by atoms with Crippen LogP contribution in [0.4, 0.5) is 18.9 Å². The summed E-state index contributed by atoms with van der Waals surface area (Å²) in [5.41, 5.74) is -1.81. The SMILES string of the molecule is N#Cc1cc(NC(=O)c2cnn(-c3nccn4nccc34)c2C(F)(F)F)cnc1-n1nccn1. The lowest BCUT2D eigenvalue weighted by Crippen LogP contribution is -2.21. The van der Waals surface area contributed by atoms with Gasteiger partial charge in [-0.2, -0.15) is 38.8 Å². The van der Waals surface area contributed by atoms with Gasteiger partial charge in [-0.15, -0.1) is 4.80 Å². The first-order chi connectivity index (χ1) is 16.4. The van der Waals surface area contributed by atoms with E-state index in [9.17, 15) is 23.2 Å². The Morgan fingerprint density at radius 2 is 1.79 bits per heavy atom. The van der Waals surface area contributed by atoms with Crippen molar-refractivity contribution in [3.8, 4) is 17.7 Å². The fourth-order valence-corrected chi connectivity index (χ4v) is 3.25. The molecule has 0 saturated carbocycles. The van der Waals surface area contributed by atoms with Crippen molar-refractivity contribution in [1.29, 1.82) is 5.26 Å². The summed E-state index contributed by atoms with van der Waals surface area (Å²) in [6.07, 6.45) is 3.91. The predicted octanol–water partition coefficient (Wildman–Crippen LogP) is 2.03. The molecule has 0 atom stereocenters. The standard InChI is InChI=1S/C19H10F3N11O/c20-19(21,22)15-13(10-29-32(15)17-14-1-2-26-31(14)6-5-24-17)18(34)30-12-7-11(8-23)16(25-9-12)33-27-3-4-28-33/h1-7,9-10H,(H,30,34). The van der Waals surface area contributed by atoms with Gasteiger partial charge in [0.15, 0.2) is 17.3 Å². The van der Waals surface area contributed by atoms with E-state index in [0.717, 1.165) is 11.0 Å². The van der Waals surface area contributed by atoms with Crippen LogP contribution in [0.25, 0.3) is 17.2 Å². The van der Waals surface area contributed by atoms with Crippen LogP contribution in [-0.2, 0) is 6.18 Å². The minimum Gasteiger partial charge on any atom is -0.320 e. The first kappa shape index (κ1) is 20.8. The molecular formula is C19H10F3N11O. The Kier molecular flexibility index (Phi) is 4.75. The number of halogens is 3. The number of pyridine rings is 1. The summed E-state index contributed by atoms with van der Waals surface area (Å²) in [5, 5.41) is 27.2. The first-order valence-electron chi connectivity index (χ1n) is 9.39. The number of alkyl halides is 3. The fraction of sp³-hybridized carbons (Fsp3) is 0.0526. The Balaban J connectivity index is 1.53. The lowest BCUT2D eigenvalue weighted by Gasteiger charge is -2.13. The van der Waals surface area contributed by atoms with Crippen LogP contribution in [0.2, 0.25) is 0 Å². The van der Waals surface area contributed by atoms with Gasteiger partial charge in [0.1, 0.15) is 17.1 Å². The normalized spacial score (nSPS) is 11.5. The number of hydrogen-bond donors (Lipinski definition) is 1. The molecule has 0 aliphatic heterocycles. The summed E-state index contributed by atoms with van der Waals surface area (Å²) in [5.74, 6) is -1.17. The highest BCUT2D eigenvalue weighted by atomic mass is 19.4. The van der Waals surface area contributed by atoms with E-state index >= 15 is 0 Å². The Morgan fingerprint density at radius 3 is 2.53 bits per heavy atom. The first-order valence-corrected chi connectivity index (χ1v) is 9.39. The van der Waals surface area contributed by atoms with Crippen LogP contribution in [0.5, 0.6) is 0 Å². The van der Waals surface area contributed by atoms with Gasteiger partial charge in [-0.05, 0) is 12.1 Å². The zero-order valence-electron chi connectivity index (χ0n) is 16.7. The van der Waals surface area contributed by atoms with Crippen LogP contribution < -0.4 is 5.32 Å². The van der Waals surface area contributed by atoms with Gasteiger partial charge in [0.25, 0.3) is 5.91 Å². The van der Waals surface area contributed by atoms with Crippen molar-refractivity contribution >= 4 is 17.1 Å². The maximum absolute atomic E-state index is 14.0. The summed E-state index contributed by atoms with van der Waals surface area (Å²) < 4.78 is 43.9. The number of anilines is 1. The summed E-state index contributed by atoms with van der Waals surface area (Å²) in [6, 6.07) is 4.60. The molecule has 0 radical (unpaired) electrons. The molecule has 1 amide bonds. The number of carbonyl (C=O) groups is 1. The molecule has 5 heterocycles. The number of fused-ring (bicyclic) bond motifs is 1. The Bertz CT molecular complexity index is 1560. The molecule has 0 aliphatic rings. The van der Waals surface area contributed by atoms with E-state index in [1.807, 2.05) is 6.07 Å². The van der Waals surface area contributed by atoms with E-state index in [-0.39, 0.29) is 28.4 Å². The van der Waals surface area contributed by atoms with Crippen molar-refractivity contribution in [3.05, 3.63) is 72.3 Å². The van der Waals surface area contributed by atoms with Crippen LogP contribution >= 0.6 is 0 Å². The second kappa shape index (κ2) is 7.78. The van der Waals surface area contributed by atoms with Crippen molar-refractivity contribution < 1.29 is 18.0 Å². The molecule has 0 unspecified atom stereocenters. The molecule has 0 spiro atoms. The zero-order chi connectivity index (χ0) is 23.9. The lowest BCUT2D eigenvalue weighted by atomic mass is 10.2. The average Bonchev–Trinajstić information content (AvgIpc) is 3.58. The van der Waals surface area contributed by atoms with Crippen LogP contribution in [-0.4, -0.2) is 50.3 Å². The second-order valence-electron chi connectivity index (χ2n) is 6.71. The quantitative estimate of drug-likeness (QED) is 0.425. The van der Waals surface area contributed by atoms with Gasteiger partial charge in [-0.25, -0.2) is 19.2 Å². The smallest absolute Gasteiger partial charge is 0.320 e. The van der Waals surface area contributed by atoms with E-state index in [1.54, 1.807) is 0 Å². The third kappa shape index (κ3) is 3.48. The molecule has 0 aromatic carbocycles. The number of aromatic nitrogens is 9. The summed E-state index contributed by atoms with van der Waals surface area (Å²) >= 11 is 0. The van der Waals surface area contributed by atoms with Crippen LogP contribution in [0.15, 0.2) is 55.5 Å². The largest absolute Gasteiger partial charge is 0.434 e. The number of amides is 1. The molecule has 34 heavy (non-hydrogen) atoms. The molecule has 12 nitrogen and oxygen atoms in total. The van der Waals surface area contributed by atoms with E-state index < -0.39 is 23.3 Å². The van der Waals surface area contributed by atoms with Gasteiger partial charge >= 0.3 is 6.18 Å². The zero-order valence-corrected chi connectivity index (χ0v) is 16.7. The number of hydrogen-bond acceptors (Lipinski definition) is 8. The van der Waals surface area contributed by atoms with Crippen molar-refractivity contribution in [1.82, 2.24) is 44.4 Å². The van der Waals surface area contributed by atoms with Gasteiger partial charge in [-0.1, -0.05) is 0 Å². The van der Waals surface area contributed by atoms with E-state index in [4.69, 9.17) is 0 Å². The van der Waals surface area contributed by atoms with Gasteiger partial charge in [0.2, 0.25) is 0 Å². The second-order valence-corrected chi connectivity index (χ2v) is 6.71. The number of nitrogens with one attached hydrogen (secondary N) is 1.